The van der Waals surface area contributed by atoms with Crippen molar-refractivity contribution in [3.05, 3.63) is 75.2 Å². The molecule has 3 aromatic rings. The Morgan fingerprint density at radius 1 is 1.17 bits per heavy atom. The number of methoxy groups -OCH3 is 2. The highest BCUT2D eigenvalue weighted by atomic mass is 32.1. The van der Waals surface area contributed by atoms with Crippen LogP contribution in [0.5, 0.6) is 11.5 Å². The predicted molar refractivity (Wildman–Crippen MR) is 113 cm³/mol. The third-order valence-electron chi connectivity index (χ3n) is 5.21. The van der Waals surface area contributed by atoms with Gasteiger partial charge in [-0.15, -0.1) is 11.3 Å². The summed E-state index contributed by atoms with van der Waals surface area (Å²) in [6, 6.07) is 10.7. The second-order valence-electron chi connectivity index (χ2n) is 6.87. The van der Waals surface area contributed by atoms with E-state index in [4.69, 9.17) is 15.2 Å². The summed E-state index contributed by atoms with van der Waals surface area (Å²) < 4.78 is 11.0. The number of carbonyl (C=O) groups excluding carboxylic acids is 2. The first-order valence-electron chi connectivity index (χ1n) is 9.38. The normalized spacial score (nSPS) is 15.4. The van der Waals surface area contributed by atoms with Crippen LogP contribution in [0, 0.1) is 0 Å². The molecule has 2 aromatic heterocycles. The zero-order valence-corrected chi connectivity index (χ0v) is 17.4. The number of hydrogen-bond donors (Lipinski definition) is 1. The third-order valence-corrected chi connectivity index (χ3v) is 6.13. The average Bonchev–Trinajstić information content (AvgIpc) is 3.31. The van der Waals surface area contributed by atoms with Crippen molar-refractivity contribution >= 4 is 23.2 Å². The van der Waals surface area contributed by atoms with Gasteiger partial charge in [0, 0.05) is 17.6 Å². The lowest BCUT2D eigenvalue weighted by molar-refractivity contribution is 0.0696. The Bertz CT molecular complexity index is 1080. The van der Waals surface area contributed by atoms with Gasteiger partial charge < -0.3 is 20.1 Å². The monoisotopic (exact) mass is 423 g/mol. The van der Waals surface area contributed by atoms with E-state index in [0.717, 1.165) is 16.0 Å². The number of benzene rings is 1. The topological polar surface area (TPSA) is 94.8 Å². The summed E-state index contributed by atoms with van der Waals surface area (Å²) in [6.45, 7) is 0.543. The second-order valence-corrected chi connectivity index (χ2v) is 7.85. The highest BCUT2D eigenvalue weighted by Crippen LogP contribution is 2.42. The lowest BCUT2D eigenvalue weighted by Crippen LogP contribution is -2.40. The van der Waals surface area contributed by atoms with Crippen LogP contribution in [-0.4, -0.2) is 42.5 Å². The van der Waals surface area contributed by atoms with Gasteiger partial charge in [-0.2, -0.15) is 0 Å². The van der Waals surface area contributed by atoms with Crippen molar-refractivity contribution in [2.45, 2.75) is 12.5 Å². The highest BCUT2D eigenvalue weighted by molar-refractivity contribution is 7.10. The fourth-order valence-electron chi connectivity index (χ4n) is 3.75. The minimum atomic E-state index is -0.626. The van der Waals surface area contributed by atoms with Gasteiger partial charge in [0.15, 0.2) is 11.5 Å². The van der Waals surface area contributed by atoms with E-state index in [1.807, 2.05) is 34.5 Å². The number of fused-ring (bicyclic) bond motifs is 1. The Hall–Kier alpha value is -3.39. The minimum absolute atomic E-state index is 0.127. The summed E-state index contributed by atoms with van der Waals surface area (Å²) in [5.41, 5.74) is 7.92. The lowest BCUT2D eigenvalue weighted by Gasteiger charge is -2.37. The van der Waals surface area contributed by atoms with Gasteiger partial charge in [0.1, 0.15) is 5.69 Å². The van der Waals surface area contributed by atoms with Gasteiger partial charge in [-0.3, -0.25) is 14.6 Å². The van der Waals surface area contributed by atoms with E-state index < -0.39 is 5.91 Å². The fraction of sp³-hybridized carbons (Fsp3) is 0.227. The van der Waals surface area contributed by atoms with Crippen molar-refractivity contribution in [1.29, 1.82) is 0 Å². The Morgan fingerprint density at radius 3 is 2.53 bits per heavy atom. The van der Waals surface area contributed by atoms with Crippen molar-refractivity contribution in [3.63, 3.8) is 0 Å². The van der Waals surface area contributed by atoms with Crippen LogP contribution in [0.15, 0.2) is 48.0 Å². The molecule has 0 saturated carbocycles. The zero-order chi connectivity index (χ0) is 21.3. The van der Waals surface area contributed by atoms with E-state index in [1.165, 1.54) is 12.3 Å². The number of rotatable bonds is 5. The molecule has 1 aliphatic rings. The van der Waals surface area contributed by atoms with Gasteiger partial charge in [-0.1, -0.05) is 6.07 Å². The van der Waals surface area contributed by atoms with Crippen LogP contribution >= 0.6 is 11.3 Å². The number of pyridine rings is 1. The quantitative estimate of drug-likeness (QED) is 0.681. The Balaban J connectivity index is 1.77. The number of ether oxygens (including phenoxy) is 2. The van der Waals surface area contributed by atoms with Crippen LogP contribution in [0.3, 0.4) is 0 Å². The van der Waals surface area contributed by atoms with Crippen molar-refractivity contribution in [3.8, 4) is 11.5 Å². The van der Waals surface area contributed by atoms with Crippen molar-refractivity contribution in [1.82, 2.24) is 9.88 Å². The minimum Gasteiger partial charge on any atom is -0.493 e. The molecule has 1 aliphatic heterocycles. The smallest absolute Gasteiger partial charge is 0.267 e. The van der Waals surface area contributed by atoms with Crippen LogP contribution in [0.1, 0.15) is 42.9 Å². The third kappa shape index (κ3) is 3.50. The van der Waals surface area contributed by atoms with Crippen molar-refractivity contribution in [2.75, 3.05) is 20.8 Å². The Kier molecular flexibility index (Phi) is 5.41. The maximum atomic E-state index is 13.4. The molecule has 2 N–H and O–H groups in total. The molecule has 1 atom stereocenters. The number of nitrogens with two attached hydrogens (primary N) is 1. The number of thiophene rings is 1. The largest absolute Gasteiger partial charge is 0.493 e. The van der Waals surface area contributed by atoms with Crippen LogP contribution in [-0.2, 0) is 6.42 Å². The van der Waals surface area contributed by atoms with E-state index in [1.54, 1.807) is 31.6 Å². The molecule has 0 saturated heterocycles. The molecule has 3 heterocycles. The maximum Gasteiger partial charge on any atom is 0.267 e. The summed E-state index contributed by atoms with van der Waals surface area (Å²) in [5.74, 6) is 0.516. The number of carbonyl (C=O) groups is 2. The number of aromatic nitrogens is 1. The van der Waals surface area contributed by atoms with E-state index in [0.29, 0.717) is 30.0 Å². The van der Waals surface area contributed by atoms with Crippen LogP contribution < -0.4 is 15.2 Å². The van der Waals surface area contributed by atoms with Gasteiger partial charge in [-0.05, 0) is 53.3 Å². The summed E-state index contributed by atoms with van der Waals surface area (Å²) in [7, 11) is 3.21. The average molecular weight is 423 g/mol. The molecule has 30 heavy (non-hydrogen) atoms. The van der Waals surface area contributed by atoms with Crippen LogP contribution in [0.2, 0.25) is 0 Å². The van der Waals surface area contributed by atoms with Crippen molar-refractivity contribution in [2.24, 2.45) is 5.73 Å². The molecule has 4 rings (SSSR count). The SMILES string of the molecule is COc1cc2c(cc1OC)C(c1cccs1)N(C(=O)c1ccc(C(N)=O)nc1)CC2. The molecule has 8 heteroatoms. The standard InChI is InChI=1S/C22H21N3O4S/c1-28-17-10-13-7-8-25(22(27)14-5-6-16(21(23)26)24-12-14)20(19-4-3-9-30-19)15(13)11-18(17)29-2/h3-6,9-12,20H,7-8H2,1-2H3,(H2,23,26). The summed E-state index contributed by atoms with van der Waals surface area (Å²) in [4.78, 5) is 31.6. The number of primary amides is 1. The maximum absolute atomic E-state index is 13.4. The first-order valence-corrected chi connectivity index (χ1v) is 10.3. The number of hydrogen-bond acceptors (Lipinski definition) is 6. The predicted octanol–water partition coefficient (Wildman–Crippen LogP) is 3.05. The zero-order valence-electron chi connectivity index (χ0n) is 16.6. The Labute approximate surface area is 178 Å². The van der Waals surface area contributed by atoms with Gasteiger partial charge >= 0.3 is 0 Å². The highest BCUT2D eigenvalue weighted by Gasteiger charge is 2.34. The van der Waals surface area contributed by atoms with Gasteiger partial charge in [0.25, 0.3) is 11.8 Å². The van der Waals surface area contributed by atoms with Gasteiger partial charge in [0.05, 0.1) is 25.8 Å². The van der Waals surface area contributed by atoms with Crippen LogP contribution in [0.25, 0.3) is 0 Å². The van der Waals surface area contributed by atoms with Gasteiger partial charge in [-0.25, -0.2) is 0 Å². The molecule has 0 aliphatic carbocycles. The van der Waals surface area contributed by atoms with Crippen molar-refractivity contribution < 1.29 is 19.1 Å². The summed E-state index contributed by atoms with van der Waals surface area (Å²) in [6.07, 6.45) is 2.09. The van der Waals surface area contributed by atoms with E-state index in [-0.39, 0.29) is 17.6 Å². The summed E-state index contributed by atoms with van der Waals surface area (Å²) >= 11 is 1.60. The molecular weight excluding hydrogens is 402 g/mol. The molecule has 1 aromatic carbocycles. The first-order chi connectivity index (χ1) is 14.5. The molecule has 0 fully saturated rings. The van der Waals surface area contributed by atoms with E-state index in [2.05, 4.69) is 4.98 Å². The number of nitrogens with zero attached hydrogens (tertiary/aromatic N) is 2. The Morgan fingerprint density at radius 2 is 1.93 bits per heavy atom. The molecule has 7 nitrogen and oxygen atoms in total. The fourth-order valence-corrected chi connectivity index (χ4v) is 4.60. The number of amides is 2. The first kappa shape index (κ1) is 19.9. The lowest BCUT2D eigenvalue weighted by atomic mass is 9.90. The van der Waals surface area contributed by atoms with Crippen LogP contribution in [0.4, 0.5) is 0 Å². The van der Waals surface area contributed by atoms with E-state index in [9.17, 15) is 9.59 Å². The van der Waals surface area contributed by atoms with Gasteiger partial charge in [0.2, 0.25) is 0 Å². The molecule has 2 amide bonds. The molecule has 0 spiro atoms. The molecule has 154 valence electrons. The second kappa shape index (κ2) is 8.16. The molecule has 0 radical (unpaired) electrons. The molecular formula is C22H21N3O4S. The molecule has 1 unspecified atom stereocenters. The summed E-state index contributed by atoms with van der Waals surface area (Å²) in [5, 5.41) is 2.00. The molecule has 0 bridgehead atoms. The van der Waals surface area contributed by atoms with E-state index >= 15 is 0 Å².